The Morgan fingerprint density at radius 2 is 1.78 bits per heavy atom. The number of hydrogen-bond acceptors (Lipinski definition) is 2. The fourth-order valence-corrected chi connectivity index (χ4v) is 2.98. The Hall–Kier alpha value is -0.940. The maximum absolute atomic E-state index is 4.08. The Morgan fingerprint density at radius 3 is 2.39 bits per heavy atom. The van der Waals surface area contributed by atoms with Gasteiger partial charge in [0, 0.05) is 27.9 Å². The van der Waals surface area contributed by atoms with Gasteiger partial charge in [-0.05, 0) is 59.0 Å². The van der Waals surface area contributed by atoms with Crippen LogP contribution in [-0.2, 0) is 0 Å². The van der Waals surface area contributed by atoms with Crippen molar-refractivity contribution in [3.63, 3.8) is 0 Å². The number of hydrogen-bond donors (Lipinski definition) is 1. The monoisotopic (exact) mass is 352 g/mol. The summed E-state index contributed by atoms with van der Waals surface area (Å²) in [7, 11) is 2.02. The van der Waals surface area contributed by atoms with Crippen LogP contribution in [0.15, 0.2) is 48.8 Å². The van der Waals surface area contributed by atoms with Crippen LogP contribution in [0.4, 0.5) is 0 Å². The van der Waals surface area contributed by atoms with E-state index in [9.17, 15) is 0 Å². The predicted octanol–water partition coefficient (Wildman–Crippen LogP) is 3.75. The molecule has 2 aromatic rings. The number of nitrogens with zero attached hydrogens (tertiary/aromatic N) is 1. The molecule has 0 fully saturated rings. The smallest absolute Gasteiger partial charge is 0.0395 e. The van der Waals surface area contributed by atoms with Gasteiger partial charge in [0.1, 0.15) is 0 Å². The molecular weight excluding hydrogens is 335 g/mol. The van der Waals surface area contributed by atoms with Gasteiger partial charge in [-0.25, -0.2) is 0 Å². The molecule has 0 aliphatic heterocycles. The maximum Gasteiger partial charge on any atom is 0.0395 e. The van der Waals surface area contributed by atoms with Crippen LogP contribution in [0.5, 0.6) is 0 Å². The minimum absolute atomic E-state index is 0.320. The van der Waals surface area contributed by atoms with Crippen molar-refractivity contribution >= 4 is 22.6 Å². The molecule has 94 valence electrons. The lowest BCUT2D eigenvalue weighted by Gasteiger charge is -2.25. The van der Waals surface area contributed by atoms with Crippen molar-refractivity contribution in [1.29, 1.82) is 0 Å². The molecule has 1 heterocycles. The van der Waals surface area contributed by atoms with E-state index < -0.39 is 0 Å². The molecule has 2 unspecified atom stereocenters. The third-order valence-electron chi connectivity index (χ3n) is 3.28. The van der Waals surface area contributed by atoms with Crippen LogP contribution in [-0.4, -0.2) is 12.0 Å². The summed E-state index contributed by atoms with van der Waals surface area (Å²) in [6.45, 7) is 2.25. The van der Waals surface area contributed by atoms with Crippen molar-refractivity contribution in [2.45, 2.75) is 18.9 Å². The minimum atomic E-state index is 0.320. The lowest BCUT2D eigenvalue weighted by atomic mass is 9.89. The van der Waals surface area contributed by atoms with Gasteiger partial charge in [0.15, 0.2) is 0 Å². The van der Waals surface area contributed by atoms with E-state index in [2.05, 4.69) is 76.2 Å². The molecule has 0 aliphatic rings. The summed E-state index contributed by atoms with van der Waals surface area (Å²) >= 11 is 2.40. The van der Waals surface area contributed by atoms with Crippen LogP contribution in [0.25, 0.3) is 0 Å². The molecule has 1 aromatic heterocycles. The van der Waals surface area contributed by atoms with Crippen LogP contribution in [0.3, 0.4) is 0 Å². The van der Waals surface area contributed by atoms with E-state index in [0.29, 0.717) is 12.0 Å². The SMILES string of the molecule is CNC(c1ccccc1I)C(C)c1ccncc1. The van der Waals surface area contributed by atoms with Crippen molar-refractivity contribution in [2.24, 2.45) is 0 Å². The fraction of sp³-hybridized carbons (Fsp3) is 0.267. The highest BCUT2D eigenvalue weighted by Gasteiger charge is 2.20. The number of aromatic nitrogens is 1. The molecule has 18 heavy (non-hydrogen) atoms. The van der Waals surface area contributed by atoms with Gasteiger partial charge >= 0.3 is 0 Å². The zero-order valence-corrected chi connectivity index (χ0v) is 12.8. The highest BCUT2D eigenvalue weighted by atomic mass is 127. The van der Waals surface area contributed by atoms with Crippen LogP contribution >= 0.6 is 22.6 Å². The highest BCUT2D eigenvalue weighted by molar-refractivity contribution is 14.1. The Bertz CT molecular complexity index is 499. The Kier molecular flexibility index (Phi) is 4.72. The quantitative estimate of drug-likeness (QED) is 0.848. The van der Waals surface area contributed by atoms with Crippen LogP contribution < -0.4 is 5.32 Å². The summed E-state index contributed by atoms with van der Waals surface area (Å²) in [4.78, 5) is 4.08. The Morgan fingerprint density at radius 1 is 1.11 bits per heavy atom. The van der Waals surface area contributed by atoms with Crippen LogP contribution in [0, 0.1) is 3.57 Å². The van der Waals surface area contributed by atoms with E-state index in [1.165, 1.54) is 14.7 Å². The summed E-state index contributed by atoms with van der Waals surface area (Å²) in [5.74, 6) is 0.411. The molecule has 2 atom stereocenters. The number of likely N-dealkylation sites (N-methyl/N-ethyl adjacent to an activating group) is 1. The second-order valence-corrected chi connectivity index (χ2v) is 5.52. The second-order valence-electron chi connectivity index (χ2n) is 4.36. The van der Waals surface area contributed by atoms with Gasteiger partial charge in [-0.3, -0.25) is 4.98 Å². The van der Waals surface area contributed by atoms with E-state index in [-0.39, 0.29) is 0 Å². The minimum Gasteiger partial charge on any atom is -0.312 e. The fourth-order valence-electron chi connectivity index (χ4n) is 2.26. The third kappa shape index (κ3) is 2.90. The molecule has 0 radical (unpaired) electrons. The zero-order chi connectivity index (χ0) is 13.0. The summed E-state index contributed by atoms with van der Waals surface area (Å²) in [6.07, 6.45) is 3.71. The number of benzene rings is 1. The topological polar surface area (TPSA) is 24.9 Å². The molecule has 0 aliphatic carbocycles. The number of nitrogens with one attached hydrogen (secondary N) is 1. The molecule has 0 amide bonds. The van der Waals surface area contributed by atoms with E-state index in [1.54, 1.807) is 0 Å². The third-order valence-corrected chi connectivity index (χ3v) is 4.27. The van der Waals surface area contributed by atoms with Crippen LogP contribution in [0.2, 0.25) is 0 Å². The van der Waals surface area contributed by atoms with Crippen molar-refractivity contribution in [3.8, 4) is 0 Å². The Balaban J connectivity index is 2.32. The van der Waals surface area contributed by atoms with Gasteiger partial charge in [0.25, 0.3) is 0 Å². The predicted molar refractivity (Wildman–Crippen MR) is 83.6 cm³/mol. The normalized spacial score (nSPS) is 14.2. The van der Waals surface area contributed by atoms with Crippen molar-refractivity contribution in [3.05, 3.63) is 63.5 Å². The first-order valence-electron chi connectivity index (χ1n) is 6.05. The van der Waals surface area contributed by atoms with Crippen molar-refractivity contribution < 1.29 is 0 Å². The van der Waals surface area contributed by atoms with E-state index in [1.807, 2.05) is 19.4 Å². The second kappa shape index (κ2) is 6.29. The summed E-state index contributed by atoms with van der Waals surface area (Å²) < 4.78 is 1.30. The first-order valence-corrected chi connectivity index (χ1v) is 7.13. The number of halogens is 1. The van der Waals surface area contributed by atoms with Gasteiger partial charge < -0.3 is 5.32 Å². The summed E-state index contributed by atoms with van der Waals surface area (Å²) in [5.41, 5.74) is 2.66. The number of pyridine rings is 1. The first kappa shape index (κ1) is 13.5. The standard InChI is InChI=1S/C15H17IN2/c1-11(12-7-9-18-10-8-12)15(17-2)13-5-3-4-6-14(13)16/h3-11,15,17H,1-2H3. The largest absolute Gasteiger partial charge is 0.312 e. The lowest BCUT2D eigenvalue weighted by molar-refractivity contribution is 0.505. The van der Waals surface area contributed by atoms with Crippen molar-refractivity contribution in [1.82, 2.24) is 10.3 Å². The molecule has 1 N–H and O–H groups in total. The summed E-state index contributed by atoms with van der Waals surface area (Å²) in [6, 6.07) is 13.0. The van der Waals surface area contributed by atoms with Crippen molar-refractivity contribution in [2.75, 3.05) is 7.05 Å². The van der Waals surface area contributed by atoms with Gasteiger partial charge in [-0.2, -0.15) is 0 Å². The van der Waals surface area contributed by atoms with E-state index in [4.69, 9.17) is 0 Å². The Labute approximate surface area is 122 Å². The maximum atomic E-state index is 4.08. The average molecular weight is 352 g/mol. The van der Waals surface area contributed by atoms with Gasteiger partial charge in [0.05, 0.1) is 0 Å². The molecule has 0 saturated carbocycles. The molecule has 0 saturated heterocycles. The van der Waals surface area contributed by atoms with Gasteiger partial charge in [0.2, 0.25) is 0 Å². The zero-order valence-electron chi connectivity index (χ0n) is 10.6. The summed E-state index contributed by atoms with van der Waals surface area (Å²) in [5, 5.41) is 3.43. The highest BCUT2D eigenvalue weighted by Crippen LogP contribution is 2.32. The molecule has 2 rings (SSSR count). The van der Waals surface area contributed by atoms with E-state index in [0.717, 1.165) is 0 Å². The van der Waals surface area contributed by atoms with Crippen LogP contribution in [0.1, 0.15) is 30.0 Å². The number of rotatable bonds is 4. The molecule has 2 nitrogen and oxygen atoms in total. The molecule has 3 heteroatoms. The lowest BCUT2D eigenvalue weighted by Crippen LogP contribution is -2.23. The van der Waals surface area contributed by atoms with Gasteiger partial charge in [-0.1, -0.05) is 25.1 Å². The average Bonchev–Trinajstić information content (AvgIpc) is 2.42. The van der Waals surface area contributed by atoms with E-state index >= 15 is 0 Å². The molecule has 0 bridgehead atoms. The van der Waals surface area contributed by atoms with Gasteiger partial charge in [-0.15, -0.1) is 0 Å². The molecular formula is C15H17IN2. The first-order chi connectivity index (χ1) is 8.74. The molecule has 0 spiro atoms. The molecule has 1 aromatic carbocycles.